The number of carbonyl (C=O) groups is 3. The molecule has 0 bridgehead atoms. The third-order valence-electron chi connectivity index (χ3n) is 9.55. The summed E-state index contributed by atoms with van der Waals surface area (Å²) in [5.41, 5.74) is 10.8. The molecule has 1 aromatic rings. The van der Waals surface area contributed by atoms with E-state index in [-0.39, 0.29) is 36.7 Å². The summed E-state index contributed by atoms with van der Waals surface area (Å²) in [7, 11) is 0. The number of piperidine rings is 1. The molecule has 1 aromatic carbocycles. The van der Waals surface area contributed by atoms with Crippen LogP contribution >= 0.6 is 0 Å². The van der Waals surface area contributed by atoms with Gasteiger partial charge < -0.3 is 19.9 Å². The summed E-state index contributed by atoms with van der Waals surface area (Å²) in [6.45, 7) is 2.32. The van der Waals surface area contributed by atoms with Crippen molar-refractivity contribution in [2.24, 2.45) is 11.0 Å². The van der Waals surface area contributed by atoms with Gasteiger partial charge >= 0.3 is 0 Å². The Morgan fingerprint density at radius 3 is 2.41 bits per heavy atom. The number of hydrogen-bond donors (Lipinski definition) is 1. The zero-order chi connectivity index (χ0) is 26.9. The van der Waals surface area contributed by atoms with Gasteiger partial charge in [-0.3, -0.25) is 14.4 Å². The van der Waals surface area contributed by atoms with Crippen LogP contribution in [-0.2, 0) is 14.3 Å². The highest BCUT2D eigenvalue weighted by Gasteiger charge is 2.53. The summed E-state index contributed by atoms with van der Waals surface area (Å²) in [6.07, 6.45) is 9.20. The van der Waals surface area contributed by atoms with E-state index in [1.54, 1.807) is 0 Å². The van der Waals surface area contributed by atoms with Crippen LogP contribution in [-0.4, -0.2) is 83.9 Å². The van der Waals surface area contributed by atoms with E-state index in [1.165, 1.54) is 23.3 Å². The Labute approximate surface area is 229 Å². The van der Waals surface area contributed by atoms with Gasteiger partial charge in [-0.25, -0.2) is 0 Å². The standard InChI is InChI=1S/C29H38N6O4/c30-33-32-23-16-35(26-24(36)17-39-27(23)26)29(38)25(20-4-2-1-3-5-20)31-28(37)21-8-6-18(7-9-21)19-12-14-34(15-13-19)22-10-11-22/h6-9,19-20,22-23,25-27H,1-5,10-17H2,(H,31,37)/t23-,25-,26+,27+/m0/s1. The normalized spacial score (nSPS) is 29.1. The molecule has 0 unspecified atom stereocenters. The van der Waals surface area contributed by atoms with E-state index in [9.17, 15) is 14.4 Å². The molecule has 3 aliphatic heterocycles. The van der Waals surface area contributed by atoms with Crippen LogP contribution in [0.2, 0.25) is 0 Å². The Balaban J connectivity index is 1.16. The molecule has 6 rings (SSSR count). The van der Waals surface area contributed by atoms with Crippen molar-refractivity contribution in [1.29, 1.82) is 0 Å². The second kappa shape index (κ2) is 11.3. The number of hydrogen-bond acceptors (Lipinski definition) is 6. The van der Waals surface area contributed by atoms with Crippen LogP contribution in [0.1, 0.15) is 79.6 Å². The van der Waals surface area contributed by atoms with Gasteiger partial charge in [-0.05, 0) is 86.7 Å². The zero-order valence-electron chi connectivity index (χ0n) is 22.4. The van der Waals surface area contributed by atoms with Crippen molar-refractivity contribution >= 4 is 17.6 Å². The Kier molecular flexibility index (Phi) is 7.60. The molecule has 2 aliphatic carbocycles. The number of Topliss-reactive ketones (excluding diaryl/α,β-unsaturated/α-hetero) is 1. The molecule has 10 nitrogen and oxygen atoms in total. The smallest absolute Gasteiger partial charge is 0.251 e. The Morgan fingerprint density at radius 1 is 1.03 bits per heavy atom. The lowest BCUT2D eigenvalue weighted by Gasteiger charge is -2.34. The average molecular weight is 535 g/mol. The van der Waals surface area contributed by atoms with Crippen molar-refractivity contribution in [3.8, 4) is 0 Å². The summed E-state index contributed by atoms with van der Waals surface area (Å²) >= 11 is 0. The molecule has 2 saturated carbocycles. The van der Waals surface area contributed by atoms with Crippen molar-refractivity contribution in [3.05, 3.63) is 45.8 Å². The summed E-state index contributed by atoms with van der Waals surface area (Å²) in [5.74, 6) is -0.215. The molecule has 10 heteroatoms. The zero-order valence-corrected chi connectivity index (χ0v) is 22.4. The third kappa shape index (κ3) is 5.42. The van der Waals surface area contributed by atoms with Crippen molar-refractivity contribution in [1.82, 2.24) is 15.1 Å². The molecule has 1 N–H and O–H groups in total. The number of carbonyl (C=O) groups excluding carboxylic acids is 3. The Hall–Kier alpha value is -2.94. The molecule has 5 aliphatic rings. The quantitative estimate of drug-likeness (QED) is 0.325. The number of nitrogens with one attached hydrogen (secondary N) is 1. The number of fused-ring (bicyclic) bond motifs is 1. The number of rotatable bonds is 7. The summed E-state index contributed by atoms with van der Waals surface area (Å²) in [4.78, 5) is 47.0. The van der Waals surface area contributed by atoms with Crippen LogP contribution in [0, 0.1) is 5.92 Å². The second-order valence-corrected chi connectivity index (χ2v) is 12.0. The summed E-state index contributed by atoms with van der Waals surface area (Å²) in [5, 5.41) is 6.85. The van der Waals surface area contributed by atoms with Gasteiger partial charge in [-0.1, -0.05) is 36.5 Å². The third-order valence-corrected chi connectivity index (χ3v) is 9.55. The number of likely N-dealkylation sites (tertiary alicyclic amines) is 2. The van der Waals surface area contributed by atoms with Crippen molar-refractivity contribution < 1.29 is 19.1 Å². The number of nitrogens with zero attached hydrogens (tertiary/aromatic N) is 5. The van der Waals surface area contributed by atoms with Crippen LogP contribution in [0.3, 0.4) is 0 Å². The van der Waals surface area contributed by atoms with Gasteiger partial charge in [0.15, 0.2) is 5.78 Å². The lowest BCUT2D eigenvalue weighted by Crippen LogP contribution is -2.55. The maximum absolute atomic E-state index is 14.0. The van der Waals surface area contributed by atoms with Gasteiger partial charge in [0.25, 0.3) is 5.91 Å². The number of ether oxygens (including phenoxy) is 1. The molecule has 0 radical (unpaired) electrons. The van der Waals surface area contributed by atoms with E-state index < -0.39 is 24.2 Å². The van der Waals surface area contributed by atoms with E-state index in [2.05, 4.69) is 32.4 Å². The molecular weight excluding hydrogens is 496 g/mol. The van der Waals surface area contributed by atoms with Gasteiger partial charge in [0.2, 0.25) is 5.91 Å². The van der Waals surface area contributed by atoms with Crippen LogP contribution in [0.5, 0.6) is 0 Å². The van der Waals surface area contributed by atoms with Gasteiger partial charge in [0.1, 0.15) is 18.7 Å². The highest BCUT2D eigenvalue weighted by molar-refractivity contribution is 5.99. The van der Waals surface area contributed by atoms with E-state index in [0.717, 1.165) is 64.1 Å². The van der Waals surface area contributed by atoms with Gasteiger partial charge in [0, 0.05) is 23.1 Å². The Morgan fingerprint density at radius 2 is 1.74 bits per heavy atom. The fourth-order valence-corrected chi connectivity index (χ4v) is 7.22. The van der Waals surface area contributed by atoms with Crippen molar-refractivity contribution in [3.63, 3.8) is 0 Å². The van der Waals surface area contributed by atoms with Gasteiger partial charge in [-0.2, -0.15) is 0 Å². The SMILES string of the molecule is [N-]=[N+]=N[C@H]1CN(C(=O)[C@@H](NC(=O)c2ccc(C3CCN(C4CC4)CC3)cc2)C2CCCCC2)[C@@H]2C(=O)CO[C@H]12. The minimum atomic E-state index is -0.762. The Bertz CT molecular complexity index is 1130. The summed E-state index contributed by atoms with van der Waals surface area (Å²) in [6, 6.07) is 6.58. The molecule has 39 heavy (non-hydrogen) atoms. The summed E-state index contributed by atoms with van der Waals surface area (Å²) < 4.78 is 5.59. The molecule has 3 heterocycles. The van der Waals surface area contributed by atoms with E-state index >= 15 is 0 Å². The van der Waals surface area contributed by atoms with Crippen LogP contribution in [0.15, 0.2) is 29.4 Å². The molecule has 5 fully saturated rings. The van der Waals surface area contributed by atoms with Gasteiger partial charge in [0.05, 0.1) is 12.1 Å². The second-order valence-electron chi connectivity index (χ2n) is 12.0. The molecule has 4 atom stereocenters. The predicted molar refractivity (Wildman–Crippen MR) is 144 cm³/mol. The first-order valence-corrected chi connectivity index (χ1v) is 14.7. The minimum absolute atomic E-state index is 0.000479. The van der Waals surface area contributed by atoms with Crippen LogP contribution < -0.4 is 5.32 Å². The molecule has 208 valence electrons. The van der Waals surface area contributed by atoms with Crippen LogP contribution in [0.4, 0.5) is 0 Å². The molecule has 2 amide bonds. The monoisotopic (exact) mass is 534 g/mol. The number of benzene rings is 1. The number of azide groups is 1. The molecule has 3 saturated heterocycles. The first kappa shape index (κ1) is 26.3. The maximum Gasteiger partial charge on any atom is 0.251 e. The first-order valence-electron chi connectivity index (χ1n) is 14.7. The molecule has 0 aromatic heterocycles. The average Bonchev–Trinajstić information content (AvgIpc) is 3.67. The minimum Gasteiger partial charge on any atom is -0.367 e. The topological polar surface area (TPSA) is 128 Å². The largest absolute Gasteiger partial charge is 0.367 e. The van der Waals surface area contributed by atoms with E-state index in [1.807, 2.05) is 12.1 Å². The maximum atomic E-state index is 14.0. The van der Waals surface area contributed by atoms with Crippen molar-refractivity contribution in [2.75, 3.05) is 26.2 Å². The highest BCUT2D eigenvalue weighted by atomic mass is 16.5. The van der Waals surface area contributed by atoms with E-state index in [4.69, 9.17) is 10.3 Å². The lowest BCUT2D eigenvalue weighted by atomic mass is 9.83. The van der Waals surface area contributed by atoms with Gasteiger partial charge in [-0.15, -0.1) is 0 Å². The van der Waals surface area contributed by atoms with Crippen LogP contribution in [0.25, 0.3) is 10.4 Å². The number of amides is 2. The highest BCUT2D eigenvalue weighted by Crippen LogP contribution is 2.35. The molecular formula is C29H38N6O4. The number of ketones is 1. The fourth-order valence-electron chi connectivity index (χ4n) is 7.22. The first-order chi connectivity index (χ1) is 19.0. The lowest BCUT2D eigenvalue weighted by molar-refractivity contribution is -0.139. The molecule has 0 spiro atoms. The van der Waals surface area contributed by atoms with Crippen molar-refractivity contribution in [2.45, 2.75) is 94.0 Å². The van der Waals surface area contributed by atoms with E-state index in [0.29, 0.717) is 11.5 Å². The predicted octanol–water partition coefficient (Wildman–Crippen LogP) is 3.56. The fraction of sp³-hybridized carbons (Fsp3) is 0.690.